The Morgan fingerprint density at radius 2 is 2.44 bits per heavy atom. The number of nitrogens with one attached hydrogen (secondary N) is 2. The van der Waals surface area contributed by atoms with Crippen LogP contribution in [0.5, 0.6) is 0 Å². The molecule has 2 heterocycles. The summed E-state index contributed by atoms with van der Waals surface area (Å²) in [5.41, 5.74) is 9.31. The van der Waals surface area contributed by atoms with Gasteiger partial charge >= 0.3 is 0 Å². The zero-order chi connectivity index (χ0) is 13.1. The summed E-state index contributed by atoms with van der Waals surface area (Å²) in [6.45, 7) is 1.76. The molecule has 0 amide bonds. The van der Waals surface area contributed by atoms with Crippen molar-refractivity contribution >= 4 is 39.5 Å². The van der Waals surface area contributed by atoms with Gasteiger partial charge in [0.25, 0.3) is 5.56 Å². The Morgan fingerprint density at radius 1 is 1.67 bits per heavy atom. The lowest BCUT2D eigenvalue weighted by Crippen LogP contribution is -2.10. The van der Waals surface area contributed by atoms with Crippen LogP contribution in [-0.2, 0) is 0 Å². The van der Waals surface area contributed by atoms with E-state index in [1.165, 1.54) is 17.5 Å². The molecule has 0 aliphatic carbocycles. The van der Waals surface area contributed by atoms with Crippen molar-refractivity contribution in [3.05, 3.63) is 32.6 Å². The summed E-state index contributed by atoms with van der Waals surface area (Å²) in [5.74, 6) is 0. The maximum atomic E-state index is 11.2. The van der Waals surface area contributed by atoms with Gasteiger partial charge in [0.2, 0.25) is 0 Å². The first-order chi connectivity index (χ1) is 8.58. The first-order valence-electron chi connectivity index (χ1n) is 4.83. The Kier molecular flexibility index (Phi) is 3.58. The molecule has 94 valence electrons. The summed E-state index contributed by atoms with van der Waals surface area (Å²) in [4.78, 5) is 15.3. The molecular weight excluding hydrogens is 276 g/mol. The van der Waals surface area contributed by atoms with E-state index in [1.807, 2.05) is 0 Å². The van der Waals surface area contributed by atoms with E-state index in [2.05, 4.69) is 25.7 Å². The normalized spacial score (nSPS) is 11.6. The number of nitrogens with two attached hydrogens (primary N) is 1. The van der Waals surface area contributed by atoms with E-state index in [1.54, 1.807) is 12.3 Å². The average molecular weight is 285 g/mol. The van der Waals surface area contributed by atoms with Crippen molar-refractivity contribution in [3.63, 3.8) is 0 Å². The number of thiazole rings is 1. The zero-order valence-corrected chi connectivity index (χ0v) is 10.8. The summed E-state index contributed by atoms with van der Waals surface area (Å²) in [6.07, 6.45) is 1.37. The van der Waals surface area contributed by atoms with Crippen molar-refractivity contribution < 1.29 is 0 Å². The van der Waals surface area contributed by atoms with Gasteiger partial charge < -0.3 is 5.73 Å². The average Bonchev–Trinajstić information content (AvgIpc) is 2.77. The number of nitrogens with zero attached hydrogens (tertiary/aromatic N) is 3. The molecule has 0 radical (unpaired) electrons. The maximum Gasteiger partial charge on any atom is 0.285 e. The minimum atomic E-state index is -0.479. The zero-order valence-electron chi connectivity index (χ0n) is 9.27. The SMILES string of the molecule is CC(=NNc1cn[nH]c(=O)c1Cl)c1csc(N)n1. The fourth-order valence-electron chi connectivity index (χ4n) is 1.12. The molecule has 0 saturated heterocycles. The largest absolute Gasteiger partial charge is 0.375 e. The topological polar surface area (TPSA) is 109 Å². The van der Waals surface area contributed by atoms with E-state index in [9.17, 15) is 4.79 Å². The van der Waals surface area contributed by atoms with Crippen LogP contribution < -0.4 is 16.7 Å². The number of halogens is 1. The summed E-state index contributed by atoms with van der Waals surface area (Å²) < 4.78 is 0. The molecular formula is C9H9ClN6OS. The number of H-pyrrole nitrogens is 1. The van der Waals surface area contributed by atoms with Crippen LogP contribution in [0.4, 0.5) is 10.8 Å². The van der Waals surface area contributed by atoms with Gasteiger partial charge in [0, 0.05) is 5.38 Å². The predicted octanol–water partition coefficient (Wildman–Crippen LogP) is 1.30. The number of hydrazone groups is 1. The van der Waals surface area contributed by atoms with Gasteiger partial charge in [0.05, 0.1) is 17.6 Å². The van der Waals surface area contributed by atoms with E-state index in [-0.39, 0.29) is 5.02 Å². The lowest BCUT2D eigenvalue weighted by molar-refractivity contribution is 0.986. The van der Waals surface area contributed by atoms with Crippen LogP contribution in [0.25, 0.3) is 0 Å². The summed E-state index contributed by atoms with van der Waals surface area (Å²) in [5, 5.41) is 12.1. The smallest absolute Gasteiger partial charge is 0.285 e. The number of anilines is 2. The van der Waals surface area contributed by atoms with E-state index in [0.717, 1.165) is 0 Å². The highest BCUT2D eigenvalue weighted by molar-refractivity contribution is 7.13. The monoisotopic (exact) mass is 284 g/mol. The second-order valence-corrected chi connectivity index (χ2v) is 4.57. The molecule has 2 aromatic heterocycles. The molecule has 0 saturated carbocycles. The summed E-state index contributed by atoms with van der Waals surface area (Å²) >= 11 is 7.10. The van der Waals surface area contributed by atoms with Crippen molar-refractivity contribution in [1.29, 1.82) is 0 Å². The van der Waals surface area contributed by atoms with Crippen molar-refractivity contribution in [2.24, 2.45) is 5.10 Å². The van der Waals surface area contributed by atoms with Crippen LogP contribution in [0.15, 0.2) is 21.5 Å². The van der Waals surface area contributed by atoms with Gasteiger partial charge in [-0.15, -0.1) is 11.3 Å². The molecule has 18 heavy (non-hydrogen) atoms. The van der Waals surface area contributed by atoms with Crippen molar-refractivity contribution in [2.75, 3.05) is 11.2 Å². The van der Waals surface area contributed by atoms with Gasteiger partial charge in [0.15, 0.2) is 5.13 Å². The summed E-state index contributed by atoms with van der Waals surface area (Å²) in [7, 11) is 0. The third-order valence-electron chi connectivity index (χ3n) is 2.03. The third-order valence-corrected chi connectivity index (χ3v) is 3.08. The first-order valence-corrected chi connectivity index (χ1v) is 6.08. The van der Waals surface area contributed by atoms with E-state index in [0.29, 0.717) is 22.2 Å². The van der Waals surface area contributed by atoms with Crippen molar-refractivity contribution in [1.82, 2.24) is 15.2 Å². The first kappa shape index (κ1) is 12.5. The molecule has 0 fully saturated rings. The number of aromatic nitrogens is 3. The number of aromatic amines is 1. The number of hydrogen-bond acceptors (Lipinski definition) is 7. The number of rotatable bonds is 3. The molecule has 0 aliphatic heterocycles. The second kappa shape index (κ2) is 5.15. The second-order valence-electron chi connectivity index (χ2n) is 3.31. The van der Waals surface area contributed by atoms with E-state index in [4.69, 9.17) is 17.3 Å². The molecule has 0 bridgehead atoms. The van der Waals surface area contributed by atoms with Gasteiger partial charge in [-0.2, -0.15) is 10.2 Å². The lowest BCUT2D eigenvalue weighted by Gasteiger charge is -2.02. The highest BCUT2D eigenvalue weighted by Gasteiger charge is 2.05. The Bertz CT molecular complexity index is 649. The molecule has 4 N–H and O–H groups in total. The van der Waals surface area contributed by atoms with Crippen LogP contribution in [-0.4, -0.2) is 20.9 Å². The van der Waals surface area contributed by atoms with Crippen molar-refractivity contribution in [2.45, 2.75) is 6.92 Å². The van der Waals surface area contributed by atoms with Crippen LogP contribution >= 0.6 is 22.9 Å². The Balaban J connectivity index is 2.20. The van der Waals surface area contributed by atoms with E-state index >= 15 is 0 Å². The molecule has 2 aromatic rings. The Hall–Kier alpha value is -1.93. The number of hydrogen-bond donors (Lipinski definition) is 3. The van der Waals surface area contributed by atoms with Gasteiger partial charge in [-0.25, -0.2) is 10.1 Å². The summed E-state index contributed by atoms with van der Waals surface area (Å²) in [6, 6.07) is 0. The highest BCUT2D eigenvalue weighted by Crippen LogP contribution is 2.15. The fraction of sp³-hybridized carbons (Fsp3) is 0.111. The van der Waals surface area contributed by atoms with Crippen LogP contribution in [0, 0.1) is 0 Å². The van der Waals surface area contributed by atoms with Gasteiger partial charge in [-0.05, 0) is 6.92 Å². The maximum absolute atomic E-state index is 11.2. The van der Waals surface area contributed by atoms with Crippen LogP contribution in [0.1, 0.15) is 12.6 Å². The van der Waals surface area contributed by atoms with E-state index < -0.39 is 5.56 Å². The van der Waals surface area contributed by atoms with Crippen LogP contribution in [0.3, 0.4) is 0 Å². The third kappa shape index (κ3) is 2.66. The van der Waals surface area contributed by atoms with Crippen molar-refractivity contribution in [3.8, 4) is 0 Å². The van der Waals surface area contributed by atoms with Gasteiger partial charge in [-0.3, -0.25) is 10.2 Å². The Morgan fingerprint density at radius 3 is 3.11 bits per heavy atom. The quantitative estimate of drug-likeness (QED) is 0.581. The molecule has 9 heteroatoms. The van der Waals surface area contributed by atoms with Crippen LogP contribution in [0.2, 0.25) is 5.02 Å². The predicted molar refractivity (Wildman–Crippen MR) is 72.2 cm³/mol. The lowest BCUT2D eigenvalue weighted by atomic mass is 10.3. The minimum absolute atomic E-state index is 0.000610. The fourth-order valence-corrected chi connectivity index (χ4v) is 1.86. The molecule has 0 aromatic carbocycles. The molecule has 0 atom stereocenters. The highest BCUT2D eigenvalue weighted by atomic mass is 35.5. The molecule has 0 unspecified atom stereocenters. The Labute approximate surface area is 111 Å². The molecule has 7 nitrogen and oxygen atoms in total. The minimum Gasteiger partial charge on any atom is -0.375 e. The number of nitrogen functional groups attached to an aromatic ring is 1. The van der Waals surface area contributed by atoms with Gasteiger partial charge in [0.1, 0.15) is 10.7 Å². The molecule has 0 spiro atoms. The van der Waals surface area contributed by atoms with Gasteiger partial charge in [-0.1, -0.05) is 11.6 Å². The molecule has 2 rings (SSSR count). The molecule has 0 aliphatic rings. The standard InChI is InChI=1S/C9H9ClN6OS/c1-4(6-3-18-9(11)13-6)14-15-5-2-12-16-8(17)7(5)10/h2-3H,1H3,(H2,11,13)(H2,15,16,17).